The van der Waals surface area contributed by atoms with Crippen molar-refractivity contribution in [1.82, 2.24) is 0 Å². The largest absolute Gasteiger partial charge is 0.508 e. The zero-order valence-electron chi connectivity index (χ0n) is 13.7. The third kappa shape index (κ3) is 4.01. The molecular weight excluding hydrogens is 280 g/mol. The molecule has 1 nitrogen and oxygen atoms in total. The Bertz CT molecular complexity index is 818. The molecule has 0 aromatic heterocycles. The summed E-state index contributed by atoms with van der Waals surface area (Å²) in [4.78, 5) is 0. The molecular formula is C22H22O. The second-order valence-electron chi connectivity index (χ2n) is 6.29. The van der Waals surface area contributed by atoms with Gasteiger partial charge in [0.15, 0.2) is 0 Å². The molecule has 3 rings (SSSR count). The summed E-state index contributed by atoms with van der Waals surface area (Å²) in [5.74, 6) is 0.386. The Balaban J connectivity index is 1.78. The van der Waals surface area contributed by atoms with Crippen LogP contribution in [0.4, 0.5) is 0 Å². The highest BCUT2D eigenvalue weighted by atomic mass is 16.3. The number of hydrogen-bond acceptors (Lipinski definition) is 1. The molecule has 0 aliphatic heterocycles. The SMILES string of the molecule is Cc1cccc(Cc2ccc(Cc3cccc(C)c3)c(O)c2)c1. The molecule has 0 aliphatic carbocycles. The maximum Gasteiger partial charge on any atom is 0.119 e. The summed E-state index contributed by atoms with van der Waals surface area (Å²) >= 11 is 0. The zero-order valence-corrected chi connectivity index (χ0v) is 13.7. The second-order valence-corrected chi connectivity index (χ2v) is 6.29. The van der Waals surface area contributed by atoms with Gasteiger partial charge >= 0.3 is 0 Å². The van der Waals surface area contributed by atoms with Gasteiger partial charge in [0.25, 0.3) is 0 Å². The lowest BCUT2D eigenvalue weighted by Gasteiger charge is -2.09. The third-order valence-corrected chi connectivity index (χ3v) is 4.12. The van der Waals surface area contributed by atoms with Crippen LogP contribution in [0.2, 0.25) is 0 Å². The molecule has 0 amide bonds. The average molecular weight is 302 g/mol. The summed E-state index contributed by atoms with van der Waals surface area (Å²) < 4.78 is 0. The molecule has 0 atom stereocenters. The summed E-state index contributed by atoms with van der Waals surface area (Å²) in [5, 5.41) is 10.4. The van der Waals surface area contributed by atoms with Gasteiger partial charge in [-0.3, -0.25) is 0 Å². The van der Waals surface area contributed by atoms with Crippen LogP contribution < -0.4 is 0 Å². The van der Waals surface area contributed by atoms with Gasteiger partial charge in [-0.15, -0.1) is 0 Å². The van der Waals surface area contributed by atoms with E-state index in [4.69, 9.17) is 0 Å². The van der Waals surface area contributed by atoms with Crippen LogP contribution in [0.3, 0.4) is 0 Å². The number of phenolic OH excluding ortho intramolecular Hbond substituents is 1. The average Bonchev–Trinajstić information content (AvgIpc) is 2.50. The number of aromatic hydroxyl groups is 1. The first-order chi connectivity index (χ1) is 11.1. The van der Waals surface area contributed by atoms with E-state index < -0.39 is 0 Å². The van der Waals surface area contributed by atoms with E-state index >= 15 is 0 Å². The second kappa shape index (κ2) is 6.70. The highest BCUT2D eigenvalue weighted by Gasteiger charge is 2.05. The molecule has 0 unspecified atom stereocenters. The van der Waals surface area contributed by atoms with Crippen LogP contribution in [-0.2, 0) is 12.8 Å². The smallest absolute Gasteiger partial charge is 0.119 e. The molecule has 0 aliphatic rings. The van der Waals surface area contributed by atoms with Crippen LogP contribution in [0.5, 0.6) is 5.75 Å². The summed E-state index contributed by atoms with van der Waals surface area (Å²) in [6, 6.07) is 23.0. The van der Waals surface area contributed by atoms with Crippen molar-refractivity contribution in [3.8, 4) is 5.75 Å². The minimum Gasteiger partial charge on any atom is -0.508 e. The van der Waals surface area contributed by atoms with E-state index in [9.17, 15) is 5.11 Å². The summed E-state index contributed by atoms with van der Waals surface area (Å²) in [6.45, 7) is 4.19. The van der Waals surface area contributed by atoms with Gasteiger partial charge in [0.2, 0.25) is 0 Å². The lowest BCUT2D eigenvalue weighted by Crippen LogP contribution is -1.93. The molecule has 1 heteroatoms. The molecule has 3 aromatic carbocycles. The Morgan fingerprint density at radius 1 is 0.652 bits per heavy atom. The van der Waals surface area contributed by atoms with E-state index in [0.717, 1.165) is 24.0 Å². The molecule has 0 bridgehead atoms. The van der Waals surface area contributed by atoms with Gasteiger partial charge in [-0.1, -0.05) is 71.8 Å². The Morgan fingerprint density at radius 3 is 1.78 bits per heavy atom. The van der Waals surface area contributed by atoms with E-state index in [1.807, 2.05) is 12.1 Å². The molecule has 1 N–H and O–H groups in total. The van der Waals surface area contributed by atoms with Crippen LogP contribution in [0.25, 0.3) is 0 Å². The van der Waals surface area contributed by atoms with Crippen molar-refractivity contribution < 1.29 is 5.11 Å². The standard InChI is InChI=1S/C22H22O/c1-16-5-3-7-18(11-16)13-20-9-10-21(22(23)15-20)14-19-8-4-6-17(2)12-19/h3-12,15,23H,13-14H2,1-2H3. The Hall–Kier alpha value is -2.54. The minimum atomic E-state index is 0.386. The van der Waals surface area contributed by atoms with Gasteiger partial charge in [0, 0.05) is 6.42 Å². The summed E-state index contributed by atoms with van der Waals surface area (Å²) in [6.07, 6.45) is 1.61. The normalized spacial score (nSPS) is 10.7. The fourth-order valence-corrected chi connectivity index (χ4v) is 2.97. The fraction of sp³-hybridized carbons (Fsp3) is 0.182. The fourth-order valence-electron chi connectivity index (χ4n) is 2.97. The maximum atomic E-state index is 10.4. The zero-order chi connectivity index (χ0) is 16.2. The van der Waals surface area contributed by atoms with Crippen molar-refractivity contribution >= 4 is 0 Å². The van der Waals surface area contributed by atoms with E-state index in [0.29, 0.717) is 5.75 Å². The summed E-state index contributed by atoms with van der Waals surface area (Å²) in [7, 11) is 0. The topological polar surface area (TPSA) is 20.2 Å². The molecule has 0 fully saturated rings. The Kier molecular flexibility index (Phi) is 4.47. The number of rotatable bonds is 4. The quantitative estimate of drug-likeness (QED) is 0.703. The van der Waals surface area contributed by atoms with E-state index in [-0.39, 0.29) is 0 Å². The van der Waals surface area contributed by atoms with E-state index in [1.165, 1.54) is 22.3 Å². The van der Waals surface area contributed by atoms with Crippen molar-refractivity contribution in [2.75, 3.05) is 0 Å². The maximum absolute atomic E-state index is 10.4. The minimum absolute atomic E-state index is 0.386. The van der Waals surface area contributed by atoms with Gasteiger partial charge in [-0.2, -0.15) is 0 Å². The molecule has 116 valence electrons. The lowest BCUT2D eigenvalue weighted by molar-refractivity contribution is 0.469. The molecule has 3 aromatic rings. The number of hydrogen-bond donors (Lipinski definition) is 1. The highest BCUT2D eigenvalue weighted by Crippen LogP contribution is 2.24. The van der Waals surface area contributed by atoms with Crippen molar-refractivity contribution in [3.05, 3.63) is 100 Å². The van der Waals surface area contributed by atoms with Crippen LogP contribution in [0.1, 0.15) is 33.4 Å². The number of benzene rings is 3. The van der Waals surface area contributed by atoms with Crippen molar-refractivity contribution in [1.29, 1.82) is 0 Å². The van der Waals surface area contributed by atoms with Gasteiger partial charge in [-0.05, 0) is 48.6 Å². The Morgan fingerprint density at radius 2 is 1.22 bits per heavy atom. The van der Waals surface area contributed by atoms with Gasteiger partial charge < -0.3 is 5.11 Å². The molecule has 0 saturated carbocycles. The monoisotopic (exact) mass is 302 g/mol. The first-order valence-electron chi connectivity index (χ1n) is 8.02. The van der Waals surface area contributed by atoms with Crippen LogP contribution >= 0.6 is 0 Å². The highest BCUT2D eigenvalue weighted by molar-refractivity contribution is 5.42. The van der Waals surface area contributed by atoms with Crippen LogP contribution in [-0.4, -0.2) is 5.11 Å². The molecule has 23 heavy (non-hydrogen) atoms. The van der Waals surface area contributed by atoms with Crippen molar-refractivity contribution in [2.24, 2.45) is 0 Å². The van der Waals surface area contributed by atoms with E-state index in [2.05, 4.69) is 68.4 Å². The van der Waals surface area contributed by atoms with Crippen molar-refractivity contribution in [3.63, 3.8) is 0 Å². The first kappa shape index (κ1) is 15.4. The van der Waals surface area contributed by atoms with Crippen molar-refractivity contribution in [2.45, 2.75) is 26.7 Å². The van der Waals surface area contributed by atoms with Crippen LogP contribution in [0.15, 0.2) is 66.7 Å². The van der Waals surface area contributed by atoms with Gasteiger partial charge in [-0.25, -0.2) is 0 Å². The number of aryl methyl sites for hydroxylation is 2. The molecule has 0 spiro atoms. The third-order valence-electron chi connectivity index (χ3n) is 4.12. The summed E-state index contributed by atoms with van der Waals surface area (Å²) in [5.41, 5.74) is 7.13. The molecule has 0 heterocycles. The molecule has 0 saturated heterocycles. The van der Waals surface area contributed by atoms with Crippen LogP contribution in [0, 0.1) is 13.8 Å². The lowest BCUT2D eigenvalue weighted by atomic mass is 9.98. The Labute approximate surface area is 138 Å². The predicted molar refractivity (Wildman–Crippen MR) is 96.1 cm³/mol. The van der Waals surface area contributed by atoms with Gasteiger partial charge in [0.1, 0.15) is 5.75 Å². The van der Waals surface area contributed by atoms with E-state index in [1.54, 1.807) is 0 Å². The molecule has 0 radical (unpaired) electrons. The van der Waals surface area contributed by atoms with Gasteiger partial charge in [0.05, 0.1) is 0 Å². The first-order valence-corrected chi connectivity index (χ1v) is 8.02. The number of phenols is 1. The predicted octanol–water partition coefficient (Wildman–Crippen LogP) is 5.19.